The van der Waals surface area contributed by atoms with Crippen molar-refractivity contribution in [1.82, 2.24) is 14.9 Å². The monoisotopic (exact) mass is 322 g/mol. The molecule has 0 spiro atoms. The number of nitrogens with one attached hydrogen (secondary N) is 1. The van der Waals surface area contributed by atoms with Crippen LogP contribution < -0.4 is 10.2 Å². The number of hydrogen-bond acceptors (Lipinski definition) is 3. The summed E-state index contributed by atoms with van der Waals surface area (Å²) in [6.07, 6.45) is 1.17. The van der Waals surface area contributed by atoms with Gasteiger partial charge in [-0.05, 0) is 53.5 Å². The molecule has 1 aliphatic heterocycles. The van der Waals surface area contributed by atoms with Crippen LogP contribution in [0.2, 0.25) is 0 Å². The molecule has 0 saturated carbocycles. The van der Waals surface area contributed by atoms with Crippen molar-refractivity contribution in [1.29, 1.82) is 0 Å². The van der Waals surface area contributed by atoms with Gasteiger partial charge in [0, 0.05) is 31.2 Å². The third kappa shape index (κ3) is 2.37. The normalized spacial score (nSPS) is 16.9. The van der Waals surface area contributed by atoms with Crippen molar-refractivity contribution in [2.75, 3.05) is 31.1 Å². The van der Waals surface area contributed by atoms with E-state index in [1.165, 1.54) is 17.5 Å². The number of hydrogen-bond donors (Lipinski definition) is 1. The van der Waals surface area contributed by atoms with Gasteiger partial charge < -0.3 is 14.8 Å². The molecule has 1 fully saturated rings. The molecule has 5 heteroatoms. The average Bonchev–Trinajstić information content (AvgIpc) is 2.58. The van der Waals surface area contributed by atoms with Crippen molar-refractivity contribution < 1.29 is 0 Å². The lowest BCUT2D eigenvalue weighted by atomic mass is 10.2. The van der Waals surface area contributed by atoms with Gasteiger partial charge in [-0.1, -0.05) is 0 Å². The summed E-state index contributed by atoms with van der Waals surface area (Å²) in [5, 5.41) is 3.43. The van der Waals surface area contributed by atoms with Gasteiger partial charge in [0.15, 0.2) is 0 Å². The van der Waals surface area contributed by atoms with Crippen LogP contribution >= 0.6 is 15.9 Å². The quantitative estimate of drug-likeness (QED) is 0.875. The van der Waals surface area contributed by atoms with Gasteiger partial charge in [-0.2, -0.15) is 0 Å². The van der Waals surface area contributed by atoms with E-state index in [1.54, 1.807) is 0 Å². The molecule has 0 radical (unpaired) electrons. The molecule has 0 unspecified atom stereocenters. The highest BCUT2D eigenvalue weighted by atomic mass is 79.9. The highest BCUT2D eigenvalue weighted by molar-refractivity contribution is 9.10. The predicted molar refractivity (Wildman–Crippen MR) is 82.9 cm³/mol. The number of aromatic nitrogens is 2. The second kappa shape index (κ2) is 5.13. The van der Waals surface area contributed by atoms with Crippen LogP contribution in [-0.2, 0) is 7.05 Å². The number of rotatable bonds is 1. The van der Waals surface area contributed by atoms with Crippen LogP contribution in [0.1, 0.15) is 12.0 Å². The summed E-state index contributed by atoms with van der Waals surface area (Å²) in [4.78, 5) is 7.21. The number of anilines is 1. The van der Waals surface area contributed by atoms with Gasteiger partial charge in [0.2, 0.25) is 5.95 Å². The number of fused-ring (bicyclic) bond motifs is 1. The van der Waals surface area contributed by atoms with E-state index >= 15 is 0 Å². The second-order valence-corrected chi connectivity index (χ2v) is 6.03. The Morgan fingerprint density at radius 3 is 2.95 bits per heavy atom. The van der Waals surface area contributed by atoms with Gasteiger partial charge in [-0.3, -0.25) is 0 Å². The maximum absolute atomic E-state index is 4.83. The highest BCUT2D eigenvalue weighted by Gasteiger charge is 2.17. The Labute approximate surface area is 121 Å². The van der Waals surface area contributed by atoms with E-state index in [-0.39, 0.29) is 0 Å². The lowest BCUT2D eigenvalue weighted by Gasteiger charge is -2.20. The standard InChI is InChI=1S/C14H19BrN4/c1-10-8-11(15)13-12(9-10)18(2)14(17-13)19-6-3-4-16-5-7-19/h8-9,16H,3-7H2,1-2H3. The Hall–Kier alpha value is -1.07. The van der Waals surface area contributed by atoms with Crippen LogP contribution in [0.5, 0.6) is 0 Å². The van der Waals surface area contributed by atoms with Gasteiger partial charge in [-0.25, -0.2) is 4.98 Å². The van der Waals surface area contributed by atoms with Crippen LogP contribution in [0.3, 0.4) is 0 Å². The average molecular weight is 323 g/mol. The summed E-state index contributed by atoms with van der Waals surface area (Å²) in [6, 6.07) is 4.33. The summed E-state index contributed by atoms with van der Waals surface area (Å²) in [5.74, 6) is 1.07. The third-order valence-corrected chi connectivity index (χ3v) is 4.29. The van der Waals surface area contributed by atoms with E-state index in [4.69, 9.17) is 4.98 Å². The largest absolute Gasteiger partial charge is 0.341 e. The molecule has 1 aromatic carbocycles. The molecule has 1 aromatic heterocycles. The summed E-state index contributed by atoms with van der Waals surface area (Å²) < 4.78 is 3.29. The van der Waals surface area contributed by atoms with Gasteiger partial charge in [-0.15, -0.1) is 0 Å². The highest BCUT2D eigenvalue weighted by Crippen LogP contribution is 2.28. The van der Waals surface area contributed by atoms with Gasteiger partial charge >= 0.3 is 0 Å². The number of nitrogens with zero attached hydrogens (tertiary/aromatic N) is 3. The van der Waals surface area contributed by atoms with Gasteiger partial charge in [0.05, 0.1) is 5.52 Å². The minimum absolute atomic E-state index is 1.02. The van der Waals surface area contributed by atoms with Gasteiger partial charge in [0.25, 0.3) is 0 Å². The van der Waals surface area contributed by atoms with Crippen molar-refractivity contribution in [3.63, 3.8) is 0 Å². The molecule has 1 N–H and O–H groups in total. The summed E-state index contributed by atoms with van der Waals surface area (Å²) in [7, 11) is 2.11. The molecule has 2 aromatic rings. The molecule has 0 aliphatic carbocycles. The minimum Gasteiger partial charge on any atom is -0.341 e. The first kappa shape index (κ1) is 12.9. The zero-order chi connectivity index (χ0) is 13.4. The van der Waals surface area contributed by atoms with E-state index < -0.39 is 0 Å². The molecule has 1 saturated heterocycles. The van der Waals surface area contributed by atoms with Crippen molar-refractivity contribution in [3.05, 3.63) is 22.2 Å². The van der Waals surface area contributed by atoms with E-state index in [2.05, 4.69) is 56.8 Å². The summed E-state index contributed by atoms with van der Waals surface area (Å²) in [5.41, 5.74) is 3.51. The maximum Gasteiger partial charge on any atom is 0.206 e. The second-order valence-electron chi connectivity index (χ2n) is 5.18. The fraction of sp³-hybridized carbons (Fsp3) is 0.500. The Balaban J connectivity index is 2.08. The summed E-state index contributed by atoms with van der Waals surface area (Å²) >= 11 is 3.63. The number of benzene rings is 1. The van der Waals surface area contributed by atoms with Gasteiger partial charge in [0.1, 0.15) is 5.52 Å². The number of aryl methyl sites for hydroxylation is 2. The summed E-state index contributed by atoms with van der Waals surface area (Å²) in [6.45, 7) is 6.34. The molecular weight excluding hydrogens is 304 g/mol. The van der Waals surface area contributed by atoms with Crippen molar-refractivity contribution >= 4 is 32.9 Å². The Morgan fingerprint density at radius 2 is 2.11 bits per heavy atom. The van der Waals surface area contributed by atoms with Crippen molar-refractivity contribution in [2.24, 2.45) is 7.05 Å². The smallest absolute Gasteiger partial charge is 0.206 e. The third-order valence-electron chi connectivity index (χ3n) is 3.68. The van der Waals surface area contributed by atoms with E-state index in [9.17, 15) is 0 Å². The van der Waals surface area contributed by atoms with Crippen LogP contribution in [-0.4, -0.2) is 35.7 Å². The Morgan fingerprint density at radius 1 is 1.26 bits per heavy atom. The first-order chi connectivity index (χ1) is 9.16. The fourth-order valence-electron chi connectivity index (χ4n) is 2.69. The van der Waals surface area contributed by atoms with E-state index in [0.29, 0.717) is 0 Å². The van der Waals surface area contributed by atoms with Crippen molar-refractivity contribution in [2.45, 2.75) is 13.3 Å². The van der Waals surface area contributed by atoms with Crippen LogP contribution in [0.15, 0.2) is 16.6 Å². The molecule has 19 heavy (non-hydrogen) atoms. The SMILES string of the molecule is Cc1cc(Br)c2nc(N3CCCNCC3)n(C)c2c1. The molecule has 1 aliphatic rings. The maximum atomic E-state index is 4.83. The molecule has 4 nitrogen and oxygen atoms in total. The van der Waals surface area contributed by atoms with Crippen LogP contribution in [0, 0.1) is 6.92 Å². The fourth-order valence-corrected chi connectivity index (χ4v) is 3.35. The minimum atomic E-state index is 1.02. The molecular formula is C14H19BrN4. The molecule has 0 bridgehead atoms. The Bertz CT molecular complexity index is 597. The molecule has 102 valence electrons. The van der Waals surface area contributed by atoms with Crippen molar-refractivity contribution in [3.8, 4) is 0 Å². The number of imidazole rings is 1. The lowest BCUT2D eigenvalue weighted by molar-refractivity contribution is 0.724. The van der Waals surface area contributed by atoms with E-state index in [0.717, 1.165) is 42.1 Å². The zero-order valence-electron chi connectivity index (χ0n) is 11.4. The van der Waals surface area contributed by atoms with Crippen LogP contribution in [0.25, 0.3) is 11.0 Å². The van der Waals surface area contributed by atoms with Crippen LogP contribution in [0.4, 0.5) is 5.95 Å². The lowest BCUT2D eigenvalue weighted by Crippen LogP contribution is -2.29. The first-order valence-corrected chi connectivity index (χ1v) is 7.54. The topological polar surface area (TPSA) is 33.1 Å². The molecule has 2 heterocycles. The molecule has 3 rings (SSSR count). The Kier molecular flexibility index (Phi) is 3.50. The molecule has 0 atom stereocenters. The number of halogens is 1. The first-order valence-electron chi connectivity index (χ1n) is 6.75. The zero-order valence-corrected chi connectivity index (χ0v) is 13.0. The van der Waals surface area contributed by atoms with E-state index in [1.807, 2.05) is 0 Å². The predicted octanol–water partition coefficient (Wildman–Crippen LogP) is 2.44. The molecule has 0 amide bonds.